The van der Waals surface area contributed by atoms with Crippen molar-refractivity contribution in [3.8, 4) is 33.9 Å². The number of nitrogens with zero attached hydrogens (tertiary/aromatic N) is 9. The number of carbonyl (C=O) groups excluding carboxylic acids is 1. The predicted octanol–water partition coefficient (Wildman–Crippen LogP) is 5.59. The number of aromatic nitrogens is 7. The summed E-state index contributed by atoms with van der Waals surface area (Å²) in [6, 6.07) is 27.1. The van der Waals surface area contributed by atoms with Gasteiger partial charge in [-0.2, -0.15) is 10.1 Å². The molecule has 2 saturated heterocycles. The molecule has 0 radical (unpaired) electrons. The molecular formula is C38H38N10O. The molecular weight excluding hydrogens is 612 g/mol. The van der Waals surface area contributed by atoms with Gasteiger partial charge in [0.1, 0.15) is 11.5 Å². The van der Waals surface area contributed by atoms with Gasteiger partial charge in [0.25, 0.3) is 0 Å². The summed E-state index contributed by atoms with van der Waals surface area (Å²) in [5, 5.41) is 8.48. The van der Waals surface area contributed by atoms with Crippen molar-refractivity contribution in [2.75, 3.05) is 44.2 Å². The second-order valence-corrected chi connectivity index (χ2v) is 12.8. The molecule has 11 heteroatoms. The maximum absolute atomic E-state index is 11.8. The highest BCUT2D eigenvalue weighted by molar-refractivity contribution is 5.90. The first-order chi connectivity index (χ1) is 24.1. The Hall–Kier alpha value is -5.55. The van der Waals surface area contributed by atoms with Crippen LogP contribution in [0.1, 0.15) is 37.1 Å². The maximum Gasteiger partial charge on any atom is 0.227 e. The number of fused-ring (bicyclic) bond motifs is 1. The zero-order valence-corrected chi connectivity index (χ0v) is 27.5. The standard InChI is InChI=1S/C38H38N10O/c1-26(49)47-19-21-48(22-20-47)38-40-24-31-23-32(28-7-3-2-4-8-28)34(41-35(31)43-38)29-12-10-27(11-13-29)25-46-17-14-30(15-18-46)36-42-37(45-44-36)33-9-5-6-16-39-33/h2-13,16,23-24,30H,14-15,17-22,25H2,1H3,(H,42,44,45). The monoisotopic (exact) mass is 650 g/mol. The Morgan fingerprint density at radius 2 is 1.59 bits per heavy atom. The zero-order chi connectivity index (χ0) is 33.2. The quantitative estimate of drug-likeness (QED) is 0.236. The summed E-state index contributed by atoms with van der Waals surface area (Å²) in [6.45, 7) is 7.26. The van der Waals surface area contributed by atoms with E-state index in [9.17, 15) is 4.79 Å². The second kappa shape index (κ2) is 13.5. The van der Waals surface area contributed by atoms with Crippen LogP contribution in [-0.4, -0.2) is 90.1 Å². The lowest BCUT2D eigenvalue weighted by Crippen LogP contribution is -2.48. The van der Waals surface area contributed by atoms with Gasteiger partial charge in [-0.25, -0.2) is 15.0 Å². The van der Waals surface area contributed by atoms with Crippen molar-refractivity contribution >= 4 is 22.9 Å². The summed E-state index contributed by atoms with van der Waals surface area (Å²) in [6.07, 6.45) is 5.70. The molecule has 1 amide bonds. The van der Waals surface area contributed by atoms with Crippen LogP contribution in [0.25, 0.3) is 44.9 Å². The van der Waals surface area contributed by atoms with Gasteiger partial charge in [-0.3, -0.25) is 19.8 Å². The fraction of sp³-hybridized carbons (Fsp3) is 0.289. The minimum absolute atomic E-state index is 0.105. The van der Waals surface area contributed by atoms with Crippen LogP contribution in [0.2, 0.25) is 0 Å². The number of benzene rings is 2. The number of anilines is 1. The topological polar surface area (TPSA) is 120 Å². The first kappa shape index (κ1) is 30.8. The van der Waals surface area contributed by atoms with E-state index in [1.807, 2.05) is 35.4 Å². The summed E-state index contributed by atoms with van der Waals surface area (Å²) in [4.78, 5) is 42.2. The van der Waals surface area contributed by atoms with Gasteiger partial charge < -0.3 is 9.80 Å². The number of aromatic amines is 1. The molecule has 2 aliphatic rings. The van der Waals surface area contributed by atoms with E-state index in [1.54, 1.807) is 13.1 Å². The lowest BCUT2D eigenvalue weighted by molar-refractivity contribution is -0.129. The van der Waals surface area contributed by atoms with Gasteiger partial charge >= 0.3 is 0 Å². The smallest absolute Gasteiger partial charge is 0.227 e. The third kappa shape index (κ3) is 6.62. The number of likely N-dealkylation sites (tertiary alicyclic amines) is 1. The van der Waals surface area contributed by atoms with Crippen LogP contribution in [0.15, 0.2) is 91.3 Å². The van der Waals surface area contributed by atoms with Gasteiger partial charge in [-0.1, -0.05) is 60.7 Å². The number of hydrogen-bond donors (Lipinski definition) is 1. The Morgan fingerprint density at radius 1 is 0.816 bits per heavy atom. The van der Waals surface area contributed by atoms with E-state index in [2.05, 4.69) is 79.6 Å². The fourth-order valence-electron chi connectivity index (χ4n) is 6.84. The molecule has 2 aromatic carbocycles. The number of nitrogens with one attached hydrogen (secondary N) is 1. The van der Waals surface area contributed by atoms with Gasteiger partial charge in [0, 0.05) is 74.5 Å². The molecule has 0 aliphatic carbocycles. The van der Waals surface area contributed by atoms with E-state index in [4.69, 9.17) is 19.9 Å². The number of pyridine rings is 2. The Balaban J connectivity index is 0.985. The van der Waals surface area contributed by atoms with E-state index in [0.717, 1.165) is 71.8 Å². The highest BCUT2D eigenvalue weighted by atomic mass is 16.2. The van der Waals surface area contributed by atoms with Crippen molar-refractivity contribution in [3.05, 3.63) is 103 Å². The molecule has 11 nitrogen and oxygen atoms in total. The zero-order valence-electron chi connectivity index (χ0n) is 27.5. The average molecular weight is 651 g/mol. The van der Waals surface area contributed by atoms with Gasteiger partial charge in [0.05, 0.1) is 5.69 Å². The number of rotatable bonds is 7. The first-order valence-electron chi connectivity index (χ1n) is 17.0. The fourth-order valence-corrected chi connectivity index (χ4v) is 6.84. The number of hydrogen-bond acceptors (Lipinski definition) is 9. The highest BCUT2D eigenvalue weighted by Crippen LogP contribution is 2.34. The molecule has 49 heavy (non-hydrogen) atoms. The molecule has 2 aliphatic heterocycles. The number of H-pyrrole nitrogens is 1. The van der Waals surface area contributed by atoms with Gasteiger partial charge in [0.15, 0.2) is 11.5 Å². The minimum atomic E-state index is 0.105. The molecule has 4 aromatic heterocycles. The average Bonchev–Trinajstić information content (AvgIpc) is 3.66. The summed E-state index contributed by atoms with van der Waals surface area (Å²) < 4.78 is 0. The lowest BCUT2D eigenvalue weighted by Gasteiger charge is -2.34. The maximum atomic E-state index is 11.8. The molecule has 8 rings (SSSR count). The van der Waals surface area contributed by atoms with E-state index in [-0.39, 0.29) is 5.91 Å². The van der Waals surface area contributed by atoms with Crippen LogP contribution in [0.4, 0.5) is 5.95 Å². The van der Waals surface area contributed by atoms with Crippen LogP contribution in [0, 0.1) is 0 Å². The Morgan fingerprint density at radius 3 is 2.33 bits per heavy atom. The molecule has 0 unspecified atom stereocenters. The van der Waals surface area contributed by atoms with Crippen molar-refractivity contribution in [1.82, 2.24) is 44.9 Å². The summed E-state index contributed by atoms with van der Waals surface area (Å²) in [5.74, 6) is 2.74. The third-order valence-electron chi connectivity index (χ3n) is 9.65. The van der Waals surface area contributed by atoms with Crippen LogP contribution in [0.5, 0.6) is 0 Å². The van der Waals surface area contributed by atoms with Crippen molar-refractivity contribution in [1.29, 1.82) is 0 Å². The largest absolute Gasteiger partial charge is 0.339 e. The Labute approximate surface area is 285 Å². The van der Waals surface area contributed by atoms with Gasteiger partial charge in [0.2, 0.25) is 11.9 Å². The van der Waals surface area contributed by atoms with E-state index >= 15 is 0 Å². The molecule has 6 aromatic rings. The molecule has 246 valence electrons. The summed E-state index contributed by atoms with van der Waals surface area (Å²) in [7, 11) is 0. The van der Waals surface area contributed by atoms with Crippen molar-refractivity contribution in [2.24, 2.45) is 0 Å². The molecule has 2 fully saturated rings. The van der Waals surface area contributed by atoms with E-state index in [0.29, 0.717) is 49.5 Å². The number of piperazine rings is 1. The minimum Gasteiger partial charge on any atom is -0.339 e. The molecule has 1 N–H and O–H groups in total. The molecule has 6 heterocycles. The highest BCUT2D eigenvalue weighted by Gasteiger charge is 2.25. The normalized spacial score (nSPS) is 15.9. The van der Waals surface area contributed by atoms with Crippen LogP contribution in [-0.2, 0) is 11.3 Å². The number of piperidine rings is 1. The summed E-state index contributed by atoms with van der Waals surface area (Å²) in [5.41, 5.74) is 6.83. The van der Waals surface area contributed by atoms with Crippen LogP contribution >= 0.6 is 0 Å². The predicted molar refractivity (Wildman–Crippen MR) is 190 cm³/mol. The Kier molecular flexibility index (Phi) is 8.49. The van der Waals surface area contributed by atoms with Crippen LogP contribution in [0.3, 0.4) is 0 Å². The Bertz CT molecular complexity index is 2050. The van der Waals surface area contributed by atoms with Crippen molar-refractivity contribution < 1.29 is 4.79 Å². The molecule has 0 bridgehead atoms. The van der Waals surface area contributed by atoms with Crippen molar-refractivity contribution in [2.45, 2.75) is 32.2 Å². The summed E-state index contributed by atoms with van der Waals surface area (Å²) >= 11 is 0. The number of carbonyl (C=O) groups is 1. The van der Waals surface area contributed by atoms with Gasteiger partial charge in [-0.05, 0) is 55.3 Å². The van der Waals surface area contributed by atoms with Crippen LogP contribution < -0.4 is 4.90 Å². The van der Waals surface area contributed by atoms with Gasteiger partial charge in [-0.15, -0.1) is 0 Å². The van der Waals surface area contributed by atoms with Crippen molar-refractivity contribution in [3.63, 3.8) is 0 Å². The molecule has 0 saturated carbocycles. The number of amides is 1. The SMILES string of the molecule is CC(=O)N1CCN(c2ncc3cc(-c4ccccc4)c(-c4ccc(CN5CCC(c6nc(-c7ccccn7)n[nH]6)CC5)cc4)nc3n2)CC1. The second-order valence-electron chi connectivity index (χ2n) is 12.8. The lowest BCUT2D eigenvalue weighted by atomic mass is 9.95. The van der Waals surface area contributed by atoms with E-state index in [1.165, 1.54) is 5.56 Å². The first-order valence-corrected chi connectivity index (χ1v) is 17.0. The third-order valence-corrected chi connectivity index (χ3v) is 9.65. The molecule has 0 atom stereocenters. The van der Waals surface area contributed by atoms with E-state index < -0.39 is 0 Å². The molecule has 0 spiro atoms.